The van der Waals surface area contributed by atoms with Crippen molar-refractivity contribution in [2.75, 3.05) is 5.73 Å². The minimum atomic E-state index is 0.140. The molecule has 0 aliphatic carbocycles. The Morgan fingerprint density at radius 2 is 1.60 bits per heavy atom. The van der Waals surface area contributed by atoms with E-state index in [1.807, 2.05) is 30.3 Å². The third-order valence-electron chi connectivity index (χ3n) is 1.88. The van der Waals surface area contributed by atoms with E-state index in [0.29, 0.717) is 5.69 Å². The molecule has 0 aliphatic heterocycles. The van der Waals surface area contributed by atoms with Gasteiger partial charge >= 0.3 is 0 Å². The van der Waals surface area contributed by atoms with Crippen LogP contribution >= 0.6 is 23.2 Å². The van der Waals surface area contributed by atoms with E-state index in [-0.39, 0.29) is 16.1 Å². The number of hydrogen-bond acceptors (Lipinski definition) is 3. The van der Waals surface area contributed by atoms with Crippen LogP contribution in [0.1, 0.15) is 0 Å². The average molecular weight is 240 g/mol. The summed E-state index contributed by atoms with van der Waals surface area (Å²) in [4.78, 5) is 7.99. The lowest BCUT2D eigenvalue weighted by Gasteiger charge is -2.04. The molecule has 5 heteroatoms. The second kappa shape index (κ2) is 4.04. The fourth-order valence-corrected chi connectivity index (χ4v) is 1.56. The van der Waals surface area contributed by atoms with Crippen molar-refractivity contribution in [1.29, 1.82) is 0 Å². The largest absolute Gasteiger partial charge is 0.381 e. The Bertz CT molecular complexity index is 486. The first-order valence-corrected chi connectivity index (χ1v) is 4.98. The van der Waals surface area contributed by atoms with Crippen LogP contribution in [0.3, 0.4) is 0 Å². The smallest absolute Gasteiger partial charge is 0.171 e. The molecule has 1 aromatic heterocycles. The Labute approximate surface area is 96.9 Å². The molecule has 0 aliphatic rings. The van der Waals surface area contributed by atoms with Crippen molar-refractivity contribution in [3.8, 4) is 11.3 Å². The highest BCUT2D eigenvalue weighted by molar-refractivity contribution is 6.34. The lowest BCUT2D eigenvalue weighted by Crippen LogP contribution is -1.97. The van der Waals surface area contributed by atoms with Crippen LogP contribution in [-0.4, -0.2) is 9.97 Å². The molecule has 15 heavy (non-hydrogen) atoms. The molecule has 0 spiro atoms. The standard InChI is InChI=1S/C10H7Cl2N3/c11-8-7(6-4-2-1-3-5-6)14-9(12)10(13)15-8/h1-5H,(H2,13,15). The number of nitrogens with zero attached hydrogens (tertiary/aromatic N) is 2. The molecule has 1 heterocycles. The monoisotopic (exact) mass is 239 g/mol. The van der Waals surface area contributed by atoms with Crippen molar-refractivity contribution in [3.63, 3.8) is 0 Å². The molecule has 0 atom stereocenters. The van der Waals surface area contributed by atoms with E-state index in [4.69, 9.17) is 28.9 Å². The van der Waals surface area contributed by atoms with Crippen molar-refractivity contribution in [3.05, 3.63) is 40.6 Å². The van der Waals surface area contributed by atoms with Gasteiger partial charge in [0.2, 0.25) is 0 Å². The minimum absolute atomic E-state index is 0.140. The summed E-state index contributed by atoms with van der Waals surface area (Å²) >= 11 is 11.7. The highest BCUT2D eigenvalue weighted by Crippen LogP contribution is 2.27. The predicted molar refractivity (Wildman–Crippen MR) is 61.9 cm³/mol. The first-order chi connectivity index (χ1) is 7.18. The Balaban J connectivity index is 2.59. The van der Waals surface area contributed by atoms with E-state index in [0.717, 1.165) is 5.56 Å². The second-order valence-electron chi connectivity index (χ2n) is 2.91. The van der Waals surface area contributed by atoms with Gasteiger partial charge in [0.15, 0.2) is 16.1 Å². The van der Waals surface area contributed by atoms with Gasteiger partial charge in [-0.15, -0.1) is 0 Å². The van der Waals surface area contributed by atoms with Crippen molar-refractivity contribution in [1.82, 2.24) is 9.97 Å². The van der Waals surface area contributed by atoms with Gasteiger partial charge in [-0.2, -0.15) is 0 Å². The molecule has 76 valence electrons. The van der Waals surface area contributed by atoms with Crippen molar-refractivity contribution < 1.29 is 0 Å². The van der Waals surface area contributed by atoms with Gasteiger partial charge in [0.25, 0.3) is 0 Å². The molecule has 2 aromatic rings. The van der Waals surface area contributed by atoms with Gasteiger partial charge in [0.05, 0.1) is 0 Å². The summed E-state index contributed by atoms with van der Waals surface area (Å²) in [6.07, 6.45) is 0. The predicted octanol–water partition coefficient (Wildman–Crippen LogP) is 3.03. The Morgan fingerprint density at radius 1 is 0.933 bits per heavy atom. The van der Waals surface area contributed by atoms with Gasteiger partial charge < -0.3 is 5.73 Å². The van der Waals surface area contributed by atoms with E-state index >= 15 is 0 Å². The topological polar surface area (TPSA) is 51.8 Å². The normalized spacial score (nSPS) is 10.3. The molecule has 0 unspecified atom stereocenters. The molecule has 2 N–H and O–H groups in total. The van der Waals surface area contributed by atoms with E-state index in [2.05, 4.69) is 9.97 Å². The Morgan fingerprint density at radius 3 is 2.27 bits per heavy atom. The van der Waals surface area contributed by atoms with Gasteiger partial charge in [-0.3, -0.25) is 0 Å². The summed E-state index contributed by atoms with van der Waals surface area (Å²) in [5, 5.41) is 0.418. The zero-order valence-electron chi connectivity index (χ0n) is 7.61. The van der Waals surface area contributed by atoms with Crippen LogP contribution in [0.4, 0.5) is 5.82 Å². The van der Waals surface area contributed by atoms with E-state index in [1.54, 1.807) is 0 Å². The number of benzene rings is 1. The maximum absolute atomic E-state index is 5.92. The van der Waals surface area contributed by atoms with Crippen LogP contribution < -0.4 is 5.73 Å². The first-order valence-electron chi connectivity index (χ1n) is 4.22. The maximum atomic E-state index is 5.92. The van der Waals surface area contributed by atoms with Crippen molar-refractivity contribution in [2.24, 2.45) is 0 Å². The molecule has 0 fully saturated rings. The number of hydrogen-bond donors (Lipinski definition) is 1. The third kappa shape index (κ3) is 2.03. The summed E-state index contributed by atoms with van der Waals surface area (Å²) in [5.74, 6) is 0.140. The van der Waals surface area contributed by atoms with Gasteiger partial charge in [-0.1, -0.05) is 53.5 Å². The summed E-state index contributed by atoms with van der Waals surface area (Å²) in [7, 11) is 0. The molecule has 0 radical (unpaired) electrons. The zero-order valence-corrected chi connectivity index (χ0v) is 9.13. The fourth-order valence-electron chi connectivity index (χ4n) is 1.19. The molecule has 1 aromatic carbocycles. The van der Waals surface area contributed by atoms with E-state index in [1.165, 1.54) is 0 Å². The van der Waals surface area contributed by atoms with Crippen LogP contribution in [-0.2, 0) is 0 Å². The molecule has 3 nitrogen and oxygen atoms in total. The summed E-state index contributed by atoms with van der Waals surface area (Å²) in [6, 6.07) is 9.43. The Hall–Kier alpha value is -1.32. The van der Waals surface area contributed by atoms with Crippen LogP contribution in [0.2, 0.25) is 10.3 Å². The van der Waals surface area contributed by atoms with E-state index in [9.17, 15) is 0 Å². The first kappa shape index (κ1) is 10.2. The minimum Gasteiger partial charge on any atom is -0.381 e. The molecule has 0 bridgehead atoms. The summed E-state index contributed by atoms with van der Waals surface area (Å²) in [5.41, 5.74) is 6.87. The second-order valence-corrected chi connectivity index (χ2v) is 3.62. The van der Waals surface area contributed by atoms with Gasteiger partial charge in [-0.05, 0) is 0 Å². The number of nitrogen functional groups attached to an aromatic ring is 1. The van der Waals surface area contributed by atoms with Gasteiger partial charge in [0, 0.05) is 5.56 Å². The number of nitrogens with two attached hydrogens (primary N) is 1. The number of aromatic nitrogens is 2. The number of rotatable bonds is 1. The number of halogens is 2. The SMILES string of the molecule is Nc1nc(Cl)c(-c2ccccc2)nc1Cl. The van der Waals surface area contributed by atoms with Gasteiger partial charge in [-0.25, -0.2) is 9.97 Å². The molecule has 0 saturated heterocycles. The third-order valence-corrected chi connectivity index (χ3v) is 2.42. The van der Waals surface area contributed by atoms with Crippen molar-refractivity contribution >= 4 is 29.0 Å². The summed E-state index contributed by atoms with van der Waals surface area (Å²) in [6.45, 7) is 0. The maximum Gasteiger partial charge on any atom is 0.171 e. The quantitative estimate of drug-likeness (QED) is 0.833. The molecular weight excluding hydrogens is 233 g/mol. The van der Waals surface area contributed by atoms with E-state index < -0.39 is 0 Å². The average Bonchev–Trinajstić information content (AvgIpc) is 2.25. The van der Waals surface area contributed by atoms with Crippen molar-refractivity contribution in [2.45, 2.75) is 0 Å². The lowest BCUT2D eigenvalue weighted by atomic mass is 10.2. The van der Waals surface area contributed by atoms with Gasteiger partial charge in [0.1, 0.15) is 5.69 Å². The fraction of sp³-hybridized carbons (Fsp3) is 0. The summed E-state index contributed by atoms with van der Waals surface area (Å²) < 4.78 is 0. The van der Waals surface area contributed by atoms with Crippen LogP contribution in [0.25, 0.3) is 11.3 Å². The highest BCUT2D eigenvalue weighted by atomic mass is 35.5. The van der Waals surface area contributed by atoms with Crippen LogP contribution in [0.5, 0.6) is 0 Å². The van der Waals surface area contributed by atoms with Crippen LogP contribution in [0, 0.1) is 0 Å². The lowest BCUT2D eigenvalue weighted by molar-refractivity contribution is 1.22. The molecular formula is C10H7Cl2N3. The Kier molecular flexibility index (Phi) is 2.75. The molecule has 0 amide bonds. The highest BCUT2D eigenvalue weighted by Gasteiger charge is 2.10. The molecule has 0 saturated carbocycles. The van der Waals surface area contributed by atoms with Crippen LogP contribution in [0.15, 0.2) is 30.3 Å². The molecule has 2 rings (SSSR count). The number of anilines is 1. The zero-order chi connectivity index (χ0) is 10.8.